The second-order valence-corrected chi connectivity index (χ2v) is 7.43. The van der Waals surface area contributed by atoms with Crippen molar-refractivity contribution in [2.45, 2.75) is 50.3 Å². The fourth-order valence-electron chi connectivity index (χ4n) is 3.60. The van der Waals surface area contributed by atoms with Gasteiger partial charge in [0, 0.05) is 6.54 Å². The number of aliphatic hydroxyl groups is 2. The minimum absolute atomic E-state index is 0.101. The highest BCUT2D eigenvalue weighted by Gasteiger charge is 2.31. The van der Waals surface area contributed by atoms with Gasteiger partial charge in [-0.05, 0) is 54.7 Å². The van der Waals surface area contributed by atoms with Gasteiger partial charge in [-0.25, -0.2) is 0 Å². The molecule has 158 valence electrons. The molecule has 1 saturated carbocycles. The van der Waals surface area contributed by atoms with Gasteiger partial charge in [0.1, 0.15) is 5.75 Å². The molecule has 0 saturated heterocycles. The predicted molar refractivity (Wildman–Crippen MR) is 105 cm³/mol. The van der Waals surface area contributed by atoms with E-state index in [0.717, 1.165) is 12.1 Å². The van der Waals surface area contributed by atoms with Gasteiger partial charge in [-0.2, -0.15) is 13.2 Å². The highest BCUT2D eigenvalue weighted by atomic mass is 19.4. The van der Waals surface area contributed by atoms with E-state index in [-0.39, 0.29) is 18.0 Å². The lowest BCUT2D eigenvalue weighted by Gasteiger charge is -2.22. The van der Waals surface area contributed by atoms with Crippen LogP contribution < -0.4 is 10.1 Å². The summed E-state index contributed by atoms with van der Waals surface area (Å²) in [5, 5.41) is 21.2. The van der Waals surface area contributed by atoms with Gasteiger partial charge in [0.15, 0.2) is 5.75 Å². The van der Waals surface area contributed by atoms with Gasteiger partial charge >= 0.3 is 6.18 Å². The van der Waals surface area contributed by atoms with Crippen LogP contribution in [-0.4, -0.2) is 29.5 Å². The summed E-state index contributed by atoms with van der Waals surface area (Å²) in [7, 11) is 0. The number of halogens is 3. The highest BCUT2D eigenvalue weighted by molar-refractivity contribution is 5.60. The molecular formula is C22H26F3NO3. The summed E-state index contributed by atoms with van der Waals surface area (Å²) < 4.78 is 45.0. The van der Waals surface area contributed by atoms with Crippen molar-refractivity contribution in [3.05, 3.63) is 53.6 Å². The summed E-state index contributed by atoms with van der Waals surface area (Å²) in [5.41, 5.74) is 0.538. The molecule has 1 aliphatic rings. The van der Waals surface area contributed by atoms with Gasteiger partial charge in [0.25, 0.3) is 0 Å². The molecule has 4 nitrogen and oxygen atoms in total. The Morgan fingerprint density at radius 1 is 1.03 bits per heavy atom. The van der Waals surface area contributed by atoms with Crippen molar-refractivity contribution in [1.82, 2.24) is 0 Å². The van der Waals surface area contributed by atoms with E-state index in [2.05, 4.69) is 5.32 Å². The number of nitrogens with one attached hydrogen (secondary N) is 1. The summed E-state index contributed by atoms with van der Waals surface area (Å²) in [4.78, 5) is 0. The summed E-state index contributed by atoms with van der Waals surface area (Å²) in [6, 6.07) is 10.8. The normalized spacial score (nSPS) is 16.4. The van der Waals surface area contributed by atoms with E-state index in [9.17, 15) is 18.3 Å². The van der Waals surface area contributed by atoms with Crippen molar-refractivity contribution in [1.29, 1.82) is 0 Å². The molecule has 3 N–H and O–H groups in total. The van der Waals surface area contributed by atoms with E-state index >= 15 is 0 Å². The molecule has 0 aromatic heterocycles. The summed E-state index contributed by atoms with van der Waals surface area (Å²) in [6.45, 7) is -0.598. The van der Waals surface area contributed by atoms with E-state index in [1.807, 2.05) is 24.3 Å². The molecule has 0 heterocycles. The van der Waals surface area contributed by atoms with Gasteiger partial charge in [-0.15, -0.1) is 0 Å². The number of benzene rings is 2. The lowest BCUT2D eigenvalue weighted by molar-refractivity contribution is -0.137. The Bertz CT molecular complexity index is 787. The molecule has 1 atom stereocenters. The molecule has 1 fully saturated rings. The zero-order chi connectivity index (χ0) is 20.9. The maximum Gasteiger partial charge on any atom is 0.416 e. The largest absolute Gasteiger partial charge is 0.455 e. The van der Waals surface area contributed by atoms with E-state index < -0.39 is 24.5 Å². The topological polar surface area (TPSA) is 61.7 Å². The molecule has 2 aromatic rings. The maximum atomic E-state index is 13.1. The van der Waals surface area contributed by atoms with Crippen molar-refractivity contribution in [2.24, 2.45) is 0 Å². The Morgan fingerprint density at radius 3 is 2.34 bits per heavy atom. The first kappa shape index (κ1) is 21.5. The molecule has 0 bridgehead atoms. The SMILES string of the molecule is OCC(O)CNc1cc(C(F)(F)F)ccc1Oc1ccc(C2CCCCC2)cc1. The molecule has 0 spiro atoms. The zero-order valence-electron chi connectivity index (χ0n) is 16.1. The van der Waals surface area contributed by atoms with Crippen LogP contribution in [0.4, 0.5) is 18.9 Å². The average Bonchev–Trinajstić information content (AvgIpc) is 2.73. The Hall–Kier alpha value is -2.25. The molecule has 2 aromatic carbocycles. The molecule has 29 heavy (non-hydrogen) atoms. The minimum Gasteiger partial charge on any atom is -0.455 e. The molecule has 3 rings (SSSR count). The van der Waals surface area contributed by atoms with Crippen molar-refractivity contribution >= 4 is 5.69 Å². The van der Waals surface area contributed by atoms with Crippen LogP contribution in [0.5, 0.6) is 11.5 Å². The number of rotatable bonds is 7. The van der Waals surface area contributed by atoms with Crippen molar-refractivity contribution < 1.29 is 28.1 Å². The van der Waals surface area contributed by atoms with E-state index in [0.29, 0.717) is 11.7 Å². The predicted octanol–water partition coefficient (Wildman–Crippen LogP) is 5.31. The molecule has 0 aliphatic heterocycles. The van der Waals surface area contributed by atoms with Crippen molar-refractivity contribution in [3.63, 3.8) is 0 Å². The van der Waals surface area contributed by atoms with Crippen molar-refractivity contribution in [2.75, 3.05) is 18.5 Å². The molecule has 7 heteroatoms. The first-order valence-corrected chi connectivity index (χ1v) is 9.88. The quantitative estimate of drug-likeness (QED) is 0.580. The zero-order valence-corrected chi connectivity index (χ0v) is 16.1. The molecule has 1 aliphatic carbocycles. The molecule has 0 amide bonds. The monoisotopic (exact) mass is 409 g/mol. The fraction of sp³-hybridized carbons (Fsp3) is 0.455. The van der Waals surface area contributed by atoms with Crippen LogP contribution >= 0.6 is 0 Å². The molecule has 1 unspecified atom stereocenters. The van der Waals surface area contributed by atoms with Crippen molar-refractivity contribution in [3.8, 4) is 11.5 Å². The first-order chi connectivity index (χ1) is 13.9. The summed E-state index contributed by atoms with van der Waals surface area (Å²) in [6.07, 6.45) is 0.540. The Balaban J connectivity index is 1.77. The average molecular weight is 409 g/mol. The maximum absolute atomic E-state index is 13.1. The number of alkyl halides is 3. The molecular weight excluding hydrogens is 383 g/mol. The van der Waals surface area contributed by atoms with Crippen LogP contribution in [0.1, 0.15) is 49.1 Å². The van der Waals surface area contributed by atoms with Gasteiger partial charge in [0.2, 0.25) is 0 Å². The van der Waals surface area contributed by atoms with Gasteiger partial charge in [0.05, 0.1) is 24.0 Å². The lowest BCUT2D eigenvalue weighted by atomic mass is 9.84. The first-order valence-electron chi connectivity index (χ1n) is 9.88. The van der Waals surface area contributed by atoms with Crippen LogP contribution in [0, 0.1) is 0 Å². The minimum atomic E-state index is -4.49. The van der Waals surface area contributed by atoms with E-state index in [1.165, 1.54) is 43.7 Å². The van der Waals surface area contributed by atoms with E-state index in [1.54, 1.807) is 0 Å². The number of hydrogen-bond donors (Lipinski definition) is 3. The summed E-state index contributed by atoms with van der Waals surface area (Å²) in [5.74, 6) is 1.30. The third-order valence-electron chi connectivity index (χ3n) is 5.23. The van der Waals surface area contributed by atoms with Crippen LogP contribution in [0.25, 0.3) is 0 Å². The van der Waals surface area contributed by atoms with Crippen LogP contribution in [0.2, 0.25) is 0 Å². The second-order valence-electron chi connectivity index (χ2n) is 7.43. The lowest BCUT2D eigenvalue weighted by Crippen LogP contribution is -2.23. The Kier molecular flexibility index (Phi) is 7.03. The second kappa shape index (κ2) is 9.50. The number of anilines is 1. The number of hydrogen-bond acceptors (Lipinski definition) is 4. The number of aliphatic hydroxyl groups excluding tert-OH is 2. The van der Waals surface area contributed by atoms with Crippen LogP contribution in [-0.2, 0) is 6.18 Å². The smallest absolute Gasteiger partial charge is 0.416 e. The molecule has 0 radical (unpaired) electrons. The highest BCUT2D eigenvalue weighted by Crippen LogP contribution is 2.38. The third kappa shape index (κ3) is 5.87. The third-order valence-corrected chi connectivity index (χ3v) is 5.23. The van der Waals surface area contributed by atoms with E-state index in [4.69, 9.17) is 9.84 Å². The standard InChI is InChI=1S/C22H26F3NO3/c23-22(24,25)17-8-11-21(20(12-17)26-13-18(28)14-27)29-19-9-6-16(7-10-19)15-4-2-1-3-5-15/h6-12,15,18,26-28H,1-5,13-14H2. The van der Waals surface area contributed by atoms with Crippen LogP contribution in [0.15, 0.2) is 42.5 Å². The number of ether oxygens (including phenoxy) is 1. The van der Waals surface area contributed by atoms with Gasteiger partial charge in [-0.3, -0.25) is 0 Å². The summed E-state index contributed by atoms with van der Waals surface area (Å²) >= 11 is 0. The van der Waals surface area contributed by atoms with Gasteiger partial charge in [-0.1, -0.05) is 31.4 Å². The fourth-order valence-corrected chi connectivity index (χ4v) is 3.60. The van der Waals surface area contributed by atoms with Gasteiger partial charge < -0.3 is 20.3 Å². The Morgan fingerprint density at radius 2 is 1.72 bits per heavy atom. The van der Waals surface area contributed by atoms with Crippen LogP contribution in [0.3, 0.4) is 0 Å². The Labute approximate surface area is 168 Å².